The molecule has 0 aromatic carbocycles. The first kappa shape index (κ1) is 20.6. The number of nitrogens with zero attached hydrogens (tertiary/aromatic N) is 2. The van der Waals surface area contributed by atoms with Crippen LogP contribution in [0, 0.1) is 5.92 Å². The van der Waals surface area contributed by atoms with Crippen LogP contribution in [-0.4, -0.2) is 64.4 Å². The van der Waals surface area contributed by atoms with Crippen molar-refractivity contribution in [3.8, 4) is 0 Å². The lowest BCUT2D eigenvalue weighted by Gasteiger charge is -2.32. The Kier molecular flexibility index (Phi) is 6.28. The lowest BCUT2D eigenvalue weighted by molar-refractivity contribution is -0.167. The summed E-state index contributed by atoms with van der Waals surface area (Å²) in [5, 5.41) is 9.78. The van der Waals surface area contributed by atoms with Gasteiger partial charge in [0.05, 0.1) is 12.5 Å². The topological polar surface area (TPSA) is 123 Å². The van der Waals surface area contributed by atoms with Crippen LogP contribution in [0.4, 0.5) is 4.39 Å². The molecule has 0 bridgehead atoms. The summed E-state index contributed by atoms with van der Waals surface area (Å²) in [7, 11) is 0. The zero-order valence-electron chi connectivity index (χ0n) is 14.6. The van der Waals surface area contributed by atoms with Crippen molar-refractivity contribution in [3.05, 3.63) is 24.7 Å². The third-order valence-corrected chi connectivity index (χ3v) is 4.85. The van der Waals surface area contributed by atoms with Crippen LogP contribution in [0.5, 0.6) is 0 Å². The van der Waals surface area contributed by atoms with E-state index in [9.17, 15) is 9.90 Å². The van der Waals surface area contributed by atoms with Crippen molar-refractivity contribution >= 4 is 23.4 Å². The van der Waals surface area contributed by atoms with E-state index in [0.29, 0.717) is 0 Å². The number of amidine groups is 1. The maximum absolute atomic E-state index is 15.2. The van der Waals surface area contributed by atoms with E-state index in [1.807, 2.05) is 0 Å². The second-order valence-corrected chi connectivity index (χ2v) is 6.88. The number of rotatable bonds is 6. The minimum atomic E-state index is -1.83. The lowest BCUT2D eigenvalue weighted by Crippen LogP contribution is -2.52. The molecule has 1 fully saturated rings. The maximum Gasteiger partial charge on any atom is 0.323 e. The zero-order valence-corrected chi connectivity index (χ0v) is 15.4. The molecule has 0 saturated carbocycles. The van der Waals surface area contributed by atoms with Gasteiger partial charge in [0, 0.05) is 6.20 Å². The van der Waals surface area contributed by atoms with Gasteiger partial charge in [0.2, 0.25) is 0 Å². The Morgan fingerprint density at radius 3 is 2.81 bits per heavy atom. The standard InChI is InChI=1S/C16H24ClFN4O4/c1-8(2)12(20)15(24)25-13-11(18)14(26-16(13,6-17)7-23)22-5-4-10(19)21-9(22)3/h4-5,8,11-14,23H,3,6-7,20H2,1-2H3,(H2,19,21)/t11-,12?,13+,14-,16-/m1/s1. The van der Waals surface area contributed by atoms with Crippen LogP contribution in [0.15, 0.2) is 29.7 Å². The van der Waals surface area contributed by atoms with Crippen LogP contribution >= 0.6 is 11.6 Å². The molecule has 5 atom stereocenters. The minimum absolute atomic E-state index is 0.143. The molecule has 0 aliphatic carbocycles. The fraction of sp³-hybridized carbons (Fsp3) is 0.625. The predicted molar refractivity (Wildman–Crippen MR) is 94.7 cm³/mol. The van der Waals surface area contributed by atoms with Gasteiger partial charge in [-0.2, -0.15) is 0 Å². The minimum Gasteiger partial charge on any atom is -0.455 e. The molecule has 0 aromatic heterocycles. The van der Waals surface area contributed by atoms with Crippen molar-refractivity contribution in [2.75, 3.05) is 12.5 Å². The highest BCUT2D eigenvalue weighted by molar-refractivity contribution is 6.18. The summed E-state index contributed by atoms with van der Waals surface area (Å²) in [6, 6.07) is -0.942. The summed E-state index contributed by atoms with van der Waals surface area (Å²) in [5.41, 5.74) is 9.72. The number of nitrogens with two attached hydrogens (primary N) is 2. The van der Waals surface area contributed by atoms with Gasteiger partial charge >= 0.3 is 5.97 Å². The summed E-state index contributed by atoms with van der Waals surface area (Å²) in [5.74, 6) is -0.957. The van der Waals surface area contributed by atoms with E-state index in [4.69, 9.17) is 32.5 Å². The number of carbonyl (C=O) groups excluding carboxylic acids is 1. The largest absolute Gasteiger partial charge is 0.455 e. The van der Waals surface area contributed by atoms with Crippen molar-refractivity contribution < 1.29 is 23.8 Å². The van der Waals surface area contributed by atoms with Crippen molar-refractivity contribution in [3.63, 3.8) is 0 Å². The highest BCUT2D eigenvalue weighted by Crippen LogP contribution is 2.39. The average Bonchev–Trinajstić information content (AvgIpc) is 2.87. The Hall–Kier alpha value is -1.68. The second kappa shape index (κ2) is 7.91. The van der Waals surface area contributed by atoms with E-state index >= 15 is 4.39 Å². The number of hydrogen-bond donors (Lipinski definition) is 3. The molecular weight excluding hydrogens is 367 g/mol. The van der Waals surface area contributed by atoms with Gasteiger partial charge in [-0.1, -0.05) is 20.4 Å². The van der Waals surface area contributed by atoms with Gasteiger partial charge in [-0.3, -0.25) is 4.79 Å². The lowest BCUT2D eigenvalue weighted by atomic mass is 9.98. The van der Waals surface area contributed by atoms with Gasteiger partial charge in [-0.15, -0.1) is 11.6 Å². The number of alkyl halides is 2. The first-order valence-electron chi connectivity index (χ1n) is 8.11. The van der Waals surface area contributed by atoms with Gasteiger partial charge in [-0.05, 0) is 12.0 Å². The van der Waals surface area contributed by atoms with Crippen LogP contribution < -0.4 is 11.5 Å². The Bertz CT molecular complexity index is 623. The molecule has 1 saturated heterocycles. The van der Waals surface area contributed by atoms with Crippen LogP contribution in [0.1, 0.15) is 13.8 Å². The molecule has 0 spiro atoms. The molecule has 8 nitrogen and oxygen atoms in total. The van der Waals surface area contributed by atoms with Crippen LogP contribution in [-0.2, 0) is 14.3 Å². The Balaban J connectivity index is 2.27. The average molecular weight is 391 g/mol. The fourth-order valence-corrected chi connectivity index (χ4v) is 2.97. The summed E-state index contributed by atoms with van der Waals surface area (Å²) in [6.45, 7) is 6.51. The van der Waals surface area contributed by atoms with Gasteiger partial charge in [0.25, 0.3) is 0 Å². The Morgan fingerprint density at radius 1 is 1.65 bits per heavy atom. The molecule has 0 amide bonds. The molecule has 2 aliphatic heterocycles. The Labute approximate surface area is 156 Å². The number of hydrogen-bond acceptors (Lipinski definition) is 8. The van der Waals surface area contributed by atoms with E-state index in [-0.39, 0.29) is 23.5 Å². The molecule has 0 radical (unpaired) electrons. The maximum atomic E-state index is 15.2. The summed E-state index contributed by atoms with van der Waals surface area (Å²) >= 11 is 5.93. The number of ether oxygens (including phenoxy) is 2. The molecule has 26 heavy (non-hydrogen) atoms. The number of esters is 1. The van der Waals surface area contributed by atoms with Crippen molar-refractivity contribution in [2.45, 2.75) is 44.0 Å². The van der Waals surface area contributed by atoms with Crippen molar-refractivity contribution in [2.24, 2.45) is 22.4 Å². The van der Waals surface area contributed by atoms with Gasteiger partial charge in [0.15, 0.2) is 18.5 Å². The van der Waals surface area contributed by atoms with E-state index in [1.165, 1.54) is 17.2 Å². The number of aliphatic imine (C=N–C) groups is 1. The molecule has 0 aromatic rings. The first-order valence-corrected chi connectivity index (χ1v) is 8.64. The molecule has 2 heterocycles. The number of aliphatic hydroxyl groups excluding tert-OH is 1. The molecule has 5 N–H and O–H groups in total. The summed E-state index contributed by atoms with van der Waals surface area (Å²) in [4.78, 5) is 17.5. The smallest absolute Gasteiger partial charge is 0.323 e. The van der Waals surface area contributed by atoms with E-state index in [1.54, 1.807) is 13.8 Å². The number of carbonyl (C=O) groups is 1. The Morgan fingerprint density at radius 2 is 2.31 bits per heavy atom. The van der Waals surface area contributed by atoms with E-state index in [0.717, 1.165) is 0 Å². The third-order valence-electron chi connectivity index (χ3n) is 4.40. The molecule has 2 rings (SSSR count). The fourth-order valence-electron chi connectivity index (χ4n) is 2.67. The normalized spacial score (nSPS) is 32.7. The quantitative estimate of drug-likeness (QED) is 0.437. The van der Waals surface area contributed by atoms with Crippen LogP contribution in [0.3, 0.4) is 0 Å². The molecule has 2 aliphatic rings. The molecule has 146 valence electrons. The van der Waals surface area contributed by atoms with Gasteiger partial charge < -0.3 is 30.9 Å². The van der Waals surface area contributed by atoms with Gasteiger partial charge in [-0.25, -0.2) is 9.38 Å². The number of halogens is 2. The van der Waals surface area contributed by atoms with Crippen LogP contribution in [0.2, 0.25) is 0 Å². The summed E-state index contributed by atoms with van der Waals surface area (Å²) in [6.07, 6.45) is -1.64. The first-order chi connectivity index (χ1) is 12.2. The highest BCUT2D eigenvalue weighted by Gasteiger charge is 2.59. The van der Waals surface area contributed by atoms with Crippen molar-refractivity contribution in [1.82, 2.24) is 4.90 Å². The molecule has 1 unspecified atom stereocenters. The molecule has 10 heteroatoms. The summed E-state index contributed by atoms with van der Waals surface area (Å²) < 4.78 is 26.2. The molecular formula is C16H24ClFN4O4. The van der Waals surface area contributed by atoms with E-state index in [2.05, 4.69) is 11.6 Å². The second-order valence-electron chi connectivity index (χ2n) is 6.61. The van der Waals surface area contributed by atoms with Crippen LogP contribution in [0.25, 0.3) is 0 Å². The predicted octanol–water partition coefficient (Wildman–Crippen LogP) is 0.204. The van der Waals surface area contributed by atoms with Crippen molar-refractivity contribution in [1.29, 1.82) is 0 Å². The highest BCUT2D eigenvalue weighted by atomic mass is 35.5. The monoisotopic (exact) mass is 390 g/mol. The zero-order chi connectivity index (χ0) is 19.6. The SMILES string of the molecule is C=C1N=C(N)C=CN1[C@@H]1O[C@@](CO)(CCl)[C@@H](OC(=O)C(N)C(C)C)[C@H]1F. The van der Waals surface area contributed by atoms with E-state index < -0.39 is 42.7 Å². The third kappa shape index (κ3) is 3.71. The van der Waals surface area contributed by atoms with Gasteiger partial charge in [0.1, 0.15) is 23.3 Å². The number of aliphatic hydroxyl groups is 1.